The molecule has 286 valence electrons. The lowest BCUT2D eigenvalue weighted by Gasteiger charge is -2.18. The van der Waals surface area contributed by atoms with Crippen molar-refractivity contribution >= 4 is 24.5 Å². The molecule has 0 amide bonds. The van der Waals surface area contributed by atoms with Gasteiger partial charge in [-0.3, -0.25) is 4.79 Å². The van der Waals surface area contributed by atoms with Gasteiger partial charge in [-0.1, -0.05) is 124 Å². The third-order valence-electron chi connectivity index (χ3n) is 7.57. The summed E-state index contributed by atoms with van der Waals surface area (Å²) >= 11 is 1.89. The standard InChI is InChI=1S/C32H63NO3.C5H13NS.CH2O.CH4.H2O/c1-4-7-10-13-14-17-21-30-36-32(34)26-23-28-33-27-20-22-29-35-31(24-18-15-11-8-5-2)25-19-16-12-9-6-3;1-6(2)4-5-7-3;1-2;;/h17,21,31,33H,4-16,18-20,22-30H2,1-3H3;4-5H2,1-3H3;1H2;1H4;1H2/b21-17-;;;;. The summed E-state index contributed by atoms with van der Waals surface area (Å²) in [6, 6.07) is 0. The molecule has 0 heterocycles. The highest BCUT2D eigenvalue weighted by Crippen LogP contribution is 2.16. The Bertz CT molecular complexity index is 568. The predicted molar refractivity (Wildman–Crippen MR) is 211 cm³/mol. The quantitative estimate of drug-likeness (QED) is 0.0426. The Hall–Kier alpha value is -0.930. The lowest BCUT2D eigenvalue weighted by atomic mass is 10.0. The van der Waals surface area contributed by atoms with E-state index in [9.17, 15) is 4.79 Å². The Kier molecular flexibility index (Phi) is 61.3. The van der Waals surface area contributed by atoms with Gasteiger partial charge in [0.05, 0.1) is 6.10 Å². The summed E-state index contributed by atoms with van der Waals surface area (Å²) in [5.74, 6) is 1.16. The molecule has 0 fully saturated rings. The zero-order chi connectivity index (χ0) is 34.1. The van der Waals surface area contributed by atoms with Crippen LogP contribution in [0.1, 0.15) is 163 Å². The summed E-state index contributed by atoms with van der Waals surface area (Å²) in [7, 11) is 4.19. The molecule has 0 spiro atoms. The first-order valence-electron chi connectivity index (χ1n) is 18.6. The Labute approximate surface area is 298 Å². The molecule has 0 atom stereocenters. The van der Waals surface area contributed by atoms with Crippen molar-refractivity contribution in [2.45, 2.75) is 169 Å². The van der Waals surface area contributed by atoms with Crippen LogP contribution in [-0.2, 0) is 19.1 Å². The number of carbonyl (C=O) groups excluding carboxylic acids is 2. The number of nitrogens with one attached hydrogen (secondary N) is 1. The Morgan fingerprint density at radius 3 is 1.81 bits per heavy atom. The number of hydrogen-bond donors (Lipinski definition) is 1. The number of rotatable bonds is 32. The van der Waals surface area contributed by atoms with Crippen LogP contribution >= 0.6 is 11.8 Å². The van der Waals surface area contributed by atoms with Gasteiger partial charge < -0.3 is 30.0 Å². The summed E-state index contributed by atoms with van der Waals surface area (Å²) in [4.78, 5) is 22.0. The number of thioether (sulfide) groups is 1. The number of esters is 1. The third kappa shape index (κ3) is 54.8. The molecule has 0 saturated heterocycles. The van der Waals surface area contributed by atoms with Gasteiger partial charge in [0, 0.05) is 25.3 Å². The molecule has 0 saturated carbocycles. The Morgan fingerprint density at radius 2 is 1.30 bits per heavy atom. The van der Waals surface area contributed by atoms with Gasteiger partial charge in [-0.2, -0.15) is 11.8 Å². The van der Waals surface area contributed by atoms with E-state index in [1.165, 1.54) is 115 Å². The predicted octanol–water partition coefficient (Wildman–Crippen LogP) is 9.85. The second-order valence-electron chi connectivity index (χ2n) is 12.3. The molecule has 0 rings (SSSR count). The Morgan fingerprint density at radius 1 is 0.766 bits per heavy atom. The van der Waals surface area contributed by atoms with E-state index < -0.39 is 0 Å². The SMILES string of the molecule is C.C=O.CCCCCC/C=C\COC(=O)CCCNCCCCOC(CCCCCCC)CCCCCCC.CSCCN(C)C.O. The van der Waals surface area contributed by atoms with Gasteiger partial charge in [0.1, 0.15) is 13.4 Å². The largest absolute Gasteiger partial charge is 0.461 e. The zero-order valence-corrected chi connectivity index (χ0v) is 32.3. The van der Waals surface area contributed by atoms with Gasteiger partial charge in [-0.25, -0.2) is 0 Å². The second-order valence-corrected chi connectivity index (χ2v) is 13.2. The van der Waals surface area contributed by atoms with E-state index in [-0.39, 0.29) is 18.9 Å². The smallest absolute Gasteiger partial charge is 0.306 e. The maximum absolute atomic E-state index is 11.8. The highest BCUT2D eigenvalue weighted by Gasteiger charge is 2.09. The van der Waals surface area contributed by atoms with Crippen LogP contribution in [0.2, 0.25) is 0 Å². The minimum absolute atomic E-state index is 0. The molecule has 0 unspecified atom stereocenters. The summed E-state index contributed by atoms with van der Waals surface area (Å²) in [5.41, 5.74) is 0. The van der Waals surface area contributed by atoms with Crippen LogP contribution in [0.4, 0.5) is 0 Å². The van der Waals surface area contributed by atoms with Crippen LogP contribution in [0.5, 0.6) is 0 Å². The van der Waals surface area contributed by atoms with E-state index in [1.54, 1.807) is 0 Å². The monoisotopic (exact) mass is 693 g/mol. The number of allylic oxidation sites excluding steroid dienone is 1. The van der Waals surface area contributed by atoms with E-state index >= 15 is 0 Å². The first-order chi connectivity index (χ1) is 22.0. The maximum atomic E-state index is 11.8. The van der Waals surface area contributed by atoms with Crippen molar-refractivity contribution in [1.29, 1.82) is 0 Å². The maximum Gasteiger partial charge on any atom is 0.306 e. The molecule has 8 heteroatoms. The van der Waals surface area contributed by atoms with Crippen LogP contribution in [0, 0.1) is 0 Å². The van der Waals surface area contributed by atoms with E-state index in [1.807, 2.05) is 24.6 Å². The molecule has 0 aliphatic carbocycles. The van der Waals surface area contributed by atoms with Crippen LogP contribution in [-0.4, -0.2) is 88.2 Å². The lowest BCUT2D eigenvalue weighted by molar-refractivity contribution is -0.142. The number of carbonyl (C=O) groups is 2. The highest BCUT2D eigenvalue weighted by atomic mass is 32.2. The average molecular weight is 693 g/mol. The fourth-order valence-corrected chi connectivity index (χ4v) is 5.26. The van der Waals surface area contributed by atoms with Gasteiger partial charge in [0.25, 0.3) is 0 Å². The van der Waals surface area contributed by atoms with Crippen LogP contribution < -0.4 is 5.32 Å². The highest BCUT2D eigenvalue weighted by molar-refractivity contribution is 7.98. The van der Waals surface area contributed by atoms with Crippen molar-refractivity contribution in [3.05, 3.63) is 12.2 Å². The van der Waals surface area contributed by atoms with Crippen molar-refractivity contribution in [3.63, 3.8) is 0 Å². The third-order valence-corrected chi connectivity index (χ3v) is 8.16. The summed E-state index contributed by atoms with van der Waals surface area (Å²) < 4.78 is 11.6. The normalized spacial score (nSPS) is 10.6. The molecular formula is C39H84N2O5S. The number of hydrogen-bond acceptors (Lipinski definition) is 7. The molecule has 0 aliphatic heterocycles. The molecule has 0 aliphatic rings. The molecule has 7 nitrogen and oxygen atoms in total. The van der Waals surface area contributed by atoms with Crippen molar-refractivity contribution in [3.8, 4) is 0 Å². The number of ether oxygens (including phenoxy) is 2. The summed E-state index contributed by atoms with van der Waals surface area (Å²) in [5, 5.41) is 3.46. The fraction of sp³-hybridized carbons (Fsp3) is 0.897. The van der Waals surface area contributed by atoms with Crippen molar-refractivity contribution < 1.29 is 24.5 Å². The number of nitrogens with zero attached hydrogens (tertiary/aromatic N) is 1. The molecule has 3 N–H and O–H groups in total. The molecule has 0 aromatic rings. The second kappa shape index (κ2) is 51.9. The van der Waals surface area contributed by atoms with Crippen LogP contribution in [0.25, 0.3) is 0 Å². The minimum atomic E-state index is -0.0868. The zero-order valence-electron chi connectivity index (χ0n) is 31.5. The first kappa shape index (κ1) is 55.5. The first-order valence-corrected chi connectivity index (χ1v) is 20.0. The van der Waals surface area contributed by atoms with Crippen LogP contribution in [0.15, 0.2) is 12.2 Å². The molecule has 0 aromatic heterocycles. The molecule has 47 heavy (non-hydrogen) atoms. The van der Waals surface area contributed by atoms with E-state index in [0.717, 1.165) is 45.4 Å². The molecular weight excluding hydrogens is 609 g/mol. The van der Waals surface area contributed by atoms with Crippen molar-refractivity contribution in [2.24, 2.45) is 0 Å². The number of unbranched alkanes of at least 4 members (excludes halogenated alkanes) is 13. The van der Waals surface area contributed by atoms with E-state index in [2.05, 4.69) is 57.4 Å². The van der Waals surface area contributed by atoms with Gasteiger partial charge in [0.15, 0.2) is 0 Å². The fourth-order valence-electron chi connectivity index (χ4n) is 4.71. The van der Waals surface area contributed by atoms with Gasteiger partial charge in [-0.05, 0) is 78.4 Å². The lowest BCUT2D eigenvalue weighted by Crippen LogP contribution is -2.19. The van der Waals surface area contributed by atoms with Gasteiger partial charge in [-0.15, -0.1) is 0 Å². The minimum Gasteiger partial charge on any atom is -0.461 e. The van der Waals surface area contributed by atoms with E-state index in [0.29, 0.717) is 19.1 Å². The topological polar surface area (TPSA) is 99.4 Å². The summed E-state index contributed by atoms with van der Waals surface area (Å²) in [6.45, 7) is 13.2. The van der Waals surface area contributed by atoms with Crippen molar-refractivity contribution in [2.75, 3.05) is 59.0 Å². The molecule has 0 radical (unpaired) electrons. The molecule has 0 bridgehead atoms. The van der Waals surface area contributed by atoms with Gasteiger partial charge in [0.2, 0.25) is 0 Å². The van der Waals surface area contributed by atoms with E-state index in [4.69, 9.17) is 14.3 Å². The molecule has 0 aromatic carbocycles. The van der Waals surface area contributed by atoms with Crippen molar-refractivity contribution in [1.82, 2.24) is 10.2 Å². The van der Waals surface area contributed by atoms with Gasteiger partial charge >= 0.3 is 5.97 Å². The summed E-state index contributed by atoms with van der Waals surface area (Å²) in [6.07, 6.45) is 32.4. The average Bonchev–Trinajstić information content (AvgIpc) is 3.04. The van der Waals surface area contributed by atoms with Crippen LogP contribution in [0.3, 0.4) is 0 Å². The Balaban J connectivity index is -0.000000470.